The van der Waals surface area contributed by atoms with Crippen molar-refractivity contribution in [2.24, 2.45) is 0 Å². The quantitative estimate of drug-likeness (QED) is 0.194. The van der Waals surface area contributed by atoms with Crippen LogP contribution in [0.2, 0.25) is 0 Å². The fraction of sp³-hybridized carbons (Fsp3) is 0.125. The number of amides is 1. The second-order valence-electron chi connectivity index (χ2n) is 6.69. The number of ether oxygens (including phenoxy) is 3. The average molecular weight is 482 g/mol. The second-order valence-corrected chi connectivity index (χ2v) is 8.37. The first-order valence-corrected chi connectivity index (χ1v) is 11.2. The van der Waals surface area contributed by atoms with Gasteiger partial charge in [0.2, 0.25) is 5.76 Å². The molecule has 0 unspecified atom stereocenters. The topological polar surface area (TPSA) is 78.2 Å². The molecule has 0 radical (unpaired) electrons. The number of hydrogen-bond donors (Lipinski definition) is 0. The molecule has 1 aliphatic rings. The Balaban J connectivity index is 1.58. The van der Waals surface area contributed by atoms with E-state index in [0.29, 0.717) is 38.6 Å². The predicted molar refractivity (Wildman–Crippen MR) is 130 cm³/mol. The Morgan fingerprint density at radius 1 is 1.12 bits per heavy atom. The van der Waals surface area contributed by atoms with Crippen molar-refractivity contribution in [2.45, 2.75) is 6.92 Å². The predicted octanol–water partition coefficient (Wildman–Crippen LogP) is 5.31. The maximum absolute atomic E-state index is 13.2. The number of thioether (sulfide) groups is 1. The summed E-state index contributed by atoms with van der Waals surface area (Å²) in [4.78, 5) is 27.2. The van der Waals surface area contributed by atoms with Gasteiger partial charge in [0.05, 0.1) is 30.6 Å². The molecule has 168 valence electrons. The van der Waals surface area contributed by atoms with E-state index in [1.165, 1.54) is 36.1 Å². The molecule has 0 bridgehead atoms. The highest BCUT2D eigenvalue weighted by molar-refractivity contribution is 8.27. The molecule has 3 aromatic rings. The molecule has 1 amide bonds. The van der Waals surface area contributed by atoms with E-state index in [1.807, 2.05) is 19.1 Å². The van der Waals surface area contributed by atoms with Gasteiger partial charge in [-0.3, -0.25) is 9.69 Å². The van der Waals surface area contributed by atoms with E-state index in [4.69, 9.17) is 30.8 Å². The molecule has 1 aliphatic heterocycles. The number of nitrogens with zero attached hydrogens (tertiary/aromatic N) is 1. The molecule has 7 nitrogen and oxygen atoms in total. The molecule has 0 spiro atoms. The van der Waals surface area contributed by atoms with Crippen LogP contribution in [0.3, 0.4) is 0 Å². The first-order chi connectivity index (χ1) is 16.0. The van der Waals surface area contributed by atoms with Gasteiger partial charge in [0.1, 0.15) is 5.75 Å². The molecule has 9 heteroatoms. The molecule has 1 fully saturated rings. The summed E-state index contributed by atoms with van der Waals surface area (Å²) in [6.45, 7) is 2.35. The maximum atomic E-state index is 13.2. The lowest BCUT2D eigenvalue weighted by molar-refractivity contribution is -0.113. The standard InChI is InChI=1S/C24H19NO6S2/c1-3-29-17-8-5-4-7-16(17)25-22(26)21(33-24(25)32)14-15-10-11-18(20(13-15)28-2)31-23(27)19-9-6-12-30-19/h4-14H,3H2,1-2H3/b21-14-. The Kier molecular flexibility index (Phi) is 6.81. The molecule has 0 aliphatic carbocycles. The maximum Gasteiger partial charge on any atom is 0.379 e. The highest BCUT2D eigenvalue weighted by atomic mass is 32.2. The van der Waals surface area contributed by atoms with Crippen LogP contribution in [0.4, 0.5) is 5.69 Å². The molecule has 1 saturated heterocycles. The summed E-state index contributed by atoms with van der Waals surface area (Å²) in [6, 6.07) is 15.4. The van der Waals surface area contributed by atoms with Gasteiger partial charge in [-0.2, -0.15) is 0 Å². The molecule has 1 aromatic heterocycles. The molecule has 2 aromatic carbocycles. The minimum atomic E-state index is -0.639. The third-order valence-corrected chi connectivity index (χ3v) is 5.91. The highest BCUT2D eigenvalue weighted by Gasteiger charge is 2.35. The third-order valence-electron chi connectivity index (χ3n) is 4.61. The third kappa shape index (κ3) is 4.79. The second kappa shape index (κ2) is 9.93. The van der Waals surface area contributed by atoms with Gasteiger partial charge in [0.15, 0.2) is 15.8 Å². The summed E-state index contributed by atoms with van der Waals surface area (Å²) >= 11 is 6.67. The van der Waals surface area contributed by atoms with Crippen molar-refractivity contribution in [1.82, 2.24) is 0 Å². The summed E-state index contributed by atoms with van der Waals surface area (Å²) in [6.07, 6.45) is 3.10. The van der Waals surface area contributed by atoms with Gasteiger partial charge in [-0.05, 0) is 55.0 Å². The van der Waals surface area contributed by atoms with Gasteiger partial charge in [-0.15, -0.1) is 0 Å². The van der Waals surface area contributed by atoms with Crippen LogP contribution in [-0.2, 0) is 4.79 Å². The molecular weight excluding hydrogens is 462 g/mol. The van der Waals surface area contributed by atoms with Crippen molar-refractivity contribution < 1.29 is 28.2 Å². The van der Waals surface area contributed by atoms with Crippen molar-refractivity contribution >= 4 is 51.9 Å². The fourth-order valence-electron chi connectivity index (χ4n) is 3.15. The summed E-state index contributed by atoms with van der Waals surface area (Å²) in [5.41, 5.74) is 1.28. The van der Waals surface area contributed by atoms with Crippen molar-refractivity contribution in [3.8, 4) is 17.2 Å². The SMILES string of the molecule is CCOc1ccccc1N1C(=O)/C(=C/c2ccc(OC(=O)c3ccco3)c(OC)c2)SC1=S. The largest absolute Gasteiger partial charge is 0.493 e. The fourth-order valence-corrected chi connectivity index (χ4v) is 4.43. The van der Waals surface area contributed by atoms with E-state index >= 15 is 0 Å². The van der Waals surface area contributed by atoms with E-state index in [-0.39, 0.29) is 17.4 Å². The van der Waals surface area contributed by atoms with Crippen molar-refractivity contribution in [1.29, 1.82) is 0 Å². The van der Waals surface area contributed by atoms with Crippen LogP contribution in [0.15, 0.2) is 70.2 Å². The number of carbonyl (C=O) groups excluding carboxylic acids is 2. The number of para-hydroxylation sites is 2. The van der Waals surface area contributed by atoms with Gasteiger partial charge in [-0.25, -0.2) is 4.79 Å². The number of furan rings is 1. The van der Waals surface area contributed by atoms with Crippen LogP contribution >= 0.6 is 24.0 Å². The summed E-state index contributed by atoms with van der Waals surface area (Å²) in [7, 11) is 1.47. The number of esters is 1. The summed E-state index contributed by atoms with van der Waals surface area (Å²) < 4.78 is 21.9. The lowest BCUT2D eigenvalue weighted by atomic mass is 10.1. The number of thiocarbonyl (C=S) groups is 1. The smallest absolute Gasteiger partial charge is 0.379 e. The first-order valence-electron chi connectivity index (χ1n) is 9.95. The van der Waals surface area contributed by atoms with Crippen LogP contribution in [0.5, 0.6) is 17.2 Å². The van der Waals surface area contributed by atoms with Gasteiger partial charge in [-0.1, -0.05) is 42.2 Å². The van der Waals surface area contributed by atoms with E-state index in [0.717, 1.165) is 0 Å². The van der Waals surface area contributed by atoms with Crippen LogP contribution in [0.1, 0.15) is 23.0 Å². The van der Waals surface area contributed by atoms with E-state index in [1.54, 1.807) is 42.5 Å². The molecule has 4 rings (SSSR count). The van der Waals surface area contributed by atoms with E-state index in [9.17, 15) is 9.59 Å². The molecule has 0 atom stereocenters. The number of carbonyl (C=O) groups is 2. The number of hydrogen-bond acceptors (Lipinski definition) is 8. The van der Waals surface area contributed by atoms with Crippen LogP contribution in [0, 0.1) is 0 Å². The lowest BCUT2D eigenvalue weighted by Crippen LogP contribution is -2.28. The zero-order chi connectivity index (χ0) is 23.4. The number of benzene rings is 2. The van der Waals surface area contributed by atoms with Crippen molar-refractivity contribution in [2.75, 3.05) is 18.6 Å². The molecule has 2 heterocycles. The Morgan fingerprint density at radius 2 is 1.94 bits per heavy atom. The van der Waals surface area contributed by atoms with E-state index < -0.39 is 5.97 Å². The number of rotatable bonds is 7. The molecule has 0 saturated carbocycles. The lowest BCUT2D eigenvalue weighted by Gasteiger charge is -2.18. The Morgan fingerprint density at radius 3 is 2.67 bits per heavy atom. The van der Waals surface area contributed by atoms with Gasteiger partial charge in [0.25, 0.3) is 5.91 Å². The number of anilines is 1. The average Bonchev–Trinajstić information content (AvgIpc) is 3.44. The summed E-state index contributed by atoms with van der Waals surface area (Å²) in [5.74, 6) is 0.346. The molecule has 33 heavy (non-hydrogen) atoms. The first kappa shape index (κ1) is 22.6. The van der Waals surface area contributed by atoms with E-state index in [2.05, 4.69) is 0 Å². The van der Waals surface area contributed by atoms with Crippen molar-refractivity contribution in [3.63, 3.8) is 0 Å². The zero-order valence-electron chi connectivity index (χ0n) is 17.8. The zero-order valence-corrected chi connectivity index (χ0v) is 19.4. The van der Waals surface area contributed by atoms with Gasteiger partial charge in [0, 0.05) is 0 Å². The van der Waals surface area contributed by atoms with Gasteiger partial charge < -0.3 is 18.6 Å². The van der Waals surface area contributed by atoms with Crippen molar-refractivity contribution in [3.05, 3.63) is 77.1 Å². The van der Waals surface area contributed by atoms with Crippen LogP contribution < -0.4 is 19.1 Å². The van der Waals surface area contributed by atoms with Gasteiger partial charge >= 0.3 is 5.97 Å². The monoisotopic (exact) mass is 481 g/mol. The van der Waals surface area contributed by atoms with Crippen LogP contribution in [0.25, 0.3) is 6.08 Å². The minimum absolute atomic E-state index is 0.0807. The molecular formula is C24H19NO6S2. The Labute approximate surface area is 199 Å². The normalized spacial score (nSPS) is 14.6. The Bertz CT molecular complexity index is 1240. The summed E-state index contributed by atoms with van der Waals surface area (Å²) in [5, 5.41) is 0. The van der Waals surface area contributed by atoms with Crippen LogP contribution in [-0.4, -0.2) is 29.9 Å². The Hall–Kier alpha value is -3.56. The minimum Gasteiger partial charge on any atom is -0.493 e. The highest BCUT2D eigenvalue weighted by Crippen LogP contribution is 2.40. The number of methoxy groups -OCH3 is 1. The molecule has 0 N–H and O–H groups in total.